The number of alkyl halides is 3. The zero-order valence-corrected chi connectivity index (χ0v) is 17.3. The number of carbonyl (C=O) groups excluding carboxylic acids is 2. The van der Waals surface area contributed by atoms with Crippen LogP contribution in [0, 0.1) is 6.92 Å². The highest BCUT2D eigenvalue weighted by atomic mass is 19.4. The molecule has 0 saturated carbocycles. The van der Waals surface area contributed by atoms with Crippen LogP contribution in [0.3, 0.4) is 0 Å². The molecule has 2 N–H and O–H groups in total. The number of hydrogen-bond donors (Lipinski definition) is 2. The van der Waals surface area contributed by atoms with E-state index in [1.54, 1.807) is 24.3 Å². The maximum atomic E-state index is 13.0. The summed E-state index contributed by atoms with van der Waals surface area (Å²) in [6.45, 7) is 1.85. The Morgan fingerprint density at radius 3 is 2.00 bits per heavy atom. The number of Topliss-reactive ketones (excluding diaryl/α,β-unsaturated/α-hetero) is 1. The van der Waals surface area contributed by atoms with Crippen LogP contribution in [0.5, 0.6) is 5.75 Å². The summed E-state index contributed by atoms with van der Waals surface area (Å²) in [7, 11) is 0. The van der Waals surface area contributed by atoms with Gasteiger partial charge < -0.3 is 10.2 Å². The van der Waals surface area contributed by atoms with Gasteiger partial charge in [-0.2, -0.15) is 13.2 Å². The topological polar surface area (TPSA) is 77.8 Å². The summed E-state index contributed by atoms with van der Waals surface area (Å²) >= 11 is 0. The number of phenols is 1. The molecule has 0 radical (unpaired) electrons. The Balaban J connectivity index is 1.89. The monoisotopic (exact) mass is 453 g/mol. The lowest BCUT2D eigenvalue weighted by Crippen LogP contribution is -2.29. The molecule has 1 aliphatic heterocycles. The van der Waals surface area contributed by atoms with Crippen LogP contribution in [0.4, 0.5) is 18.9 Å². The third-order valence-electron chi connectivity index (χ3n) is 5.45. The van der Waals surface area contributed by atoms with Gasteiger partial charge in [-0.3, -0.25) is 14.5 Å². The number of nitrogens with zero attached hydrogens (tertiary/aromatic N) is 1. The van der Waals surface area contributed by atoms with Crippen LogP contribution in [-0.4, -0.2) is 21.9 Å². The van der Waals surface area contributed by atoms with E-state index in [2.05, 4.69) is 0 Å². The molecule has 0 bridgehead atoms. The molecule has 1 saturated heterocycles. The van der Waals surface area contributed by atoms with Crippen LogP contribution in [0.2, 0.25) is 0 Å². The molecule has 1 fully saturated rings. The van der Waals surface area contributed by atoms with Gasteiger partial charge in [0.15, 0.2) is 0 Å². The van der Waals surface area contributed by atoms with Crippen LogP contribution in [-0.2, 0) is 15.8 Å². The molecule has 0 spiro atoms. The SMILES string of the molecule is Cc1ccc(/C(O)=C2\C(=O)C(=O)N(c3ccc(C(F)(F)F)cc3)C2c2ccc(O)cc2)cc1. The van der Waals surface area contributed by atoms with Gasteiger partial charge in [-0.25, -0.2) is 0 Å². The van der Waals surface area contributed by atoms with E-state index in [1.165, 1.54) is 24.3 Å². The Morgan fingerprint density at radius 1 is 0.879 bits per heavy atom. The van der Waals surface area contributed by atoms with Crippen LogP contribution in [0.1, 0.15) is 28.3 Å². The number of amides is 1. The van der Waals surface area contributed by atoms with Crippen molar-refractivity contribution in [2.24, 2.45) is 0 Å². The normalized spacial score (nSPS) is 18.1. The smallest absolute Gasteiger partial charge is 0.416 e. The van der Waals surface area contributed by atoms with E-state index in [0.717, 1.165) is 34.7 Å². The van der Waals surface area contributed by atoms with E-state index in [-0.39, 0.29) is 17.0 Å². The number of ketones is 1. The number of aliphatic hydroxyl groups excluding tert-OH is 1. The van der Waals surface area contributed by atoms with Gasteiger partial charge in [0, 0.05) is 11.3 Å². The maximum absolute atomic E-state index is 13.0. The van der Waals surface area contributed by atoms with Gasteiger partial charge in [0.2, 0.25) is 0 Å². The molecule has 33 heavy (non-hydrogen) atoms. The van der Waals surface area contributed by atoms with Crippen molar-refractivity contribution in [2.45, 2.75) is 19.1 Å². The molecule has 4 rings (SSSR count). The first-order valence-corrected chi connectivity index (χ1v) is 9.92. The van der Waals surface area contributed by atoms with E-state index in [4.69, 9.17) is 0 Å². The number of hydrogen-bond acceptors (Lipinski definition) is 4. The predicted molar refractivity (Wildman–Crippen MR) is 116 cm³/mol. The minimum Gasteiger partial charge on any atom is -0.508 e. The molecule has 0 aliphatic carbocycles. The fraction of sp³-hybridized carbons (Fsp3) is 0.120. The van der Waals surface area contributed by atoms with Crippen LogP contribution >= 0.6 is 0 Å². The lowest BCUT2D eigenvalue weighted by molar-refractivity contribution is -0.137. The summed E-state index contributed by atoms with van der Waals surface area (Å²) in [5.74, 6) is -2.41. The van der Waals surface area contributed by atoms with Crippen molar-refractivity contribution in [3.63, 3.8) is 0 Å². The van der Waals surface area contributed by atoms with Crippen LogP contribution in [0.15, 0.2) is 78.4 Å². The van der Waals surface area contributed by atoms with Gasteiger partial charge in [-0.15, -0.1) is 0 Å². The molecule has 0 aromatic heterocycles. The maximum Gasteiger partial charge on any atom is 0.416 e. The fourth-order valence-electron chi connectivity index (χ4n) is 3.75. The Labute approximate surface area is 187 Å². The Bertz CT molecular complexity index is 1240. The van der Waals surface area contributed by atoms with E-state index in [1.807, 2.05) is 6.92 Å². The number of aryl methyl sites for hydroxylation is 1. The second-order valence-corrected chi connectivity index (χ2v) is 7.67. The van der Waals surface area contributed by atoms with Gasteiger partial charge in [-0.1, -0.05) is 42.0 Å². The average molecular weight is 453 g/mol. The molecule has 1 unspecified atom stereocenters. The van der Waals surface area contributed by atoms with Crippen molar-refractivity contribution in [1.82, 2.24) is 0 Å². The quantitative estimate of drug-likeness (QED) is 0.319. The van der Waals surface area contributed by atoms with E-state index in [9.17, 15) is 33.0 Å². The highest BCUT2D eigenvalue weighted by molar-refractivity contribution is 6.51. The number of aromatic hydroxyl groups is 1. The summed E-state index contributed by atoms with van der Waals surface area (Å²) in [6.07, 6.45) is -4.56. The first kappa shape index (κ1) is 22.1. The number of rotatable bonds is 3. The van der Waals surface area contributed by atoms with Crippen molar-refractivity contribution in [3.8, 4) is 5.75 Å². The molecular formula is C25H18F3NO4. The molecule has 1 aliphatic rings. The predicted octanol–water partition coefficient (Wildman–Crippen LogP) is 5.35. The molecule has 3 aromatic carbocycles. The minimum absolute atomic E-state index is 0.0521. The first-order chi connectivity index (χ1) is 15.6. The van der Waals surface area contributed by atoms with Crippen molar-refractivity contribution < 1.29 is 33.0 Å². The fourth-order valence-corrected chi connectivity index (χ4v) is 3.75. The van der Waals surface area contributed by atoms with Gasteiger partial charge >= 0.3 is 6.18 Å². The van der Waals surface area contributed by atoms with Crippen LogP contribution in [0.25, 0.3) is 5.76 Å². The average Bonchev–Trinajstić information content (AvgIpc) is 3.04. The summed E-state index contributed by atoms with van der Waals surface area (Å²) < 4.78 is 39.0. The van der Waals surface area contributed by atoms with E-state index >= 15 is 0 Å². The largest absolute Gasteiger partial charge is 0.508 e. The number of anilines is 1. The standard InChI is InChI=1S/C25H18F3NO4/c1-14-2-4-16(5-3-14)22(31)20-21(15-6-12-19(30)13-7-15)29(24(33)23(20)32)18-10-8-17(9-11-18)25(26,27)28/h2-13,21,30-31H,1H3/b22-20+. The van der Waals surface area contributed by atoms with E-state index < -0.39 is 35.2 Å². The lowest BCUT2D eigenvalue weighted by atomic mass is 9.95. The Hall–Kier alpha value is -4.07. The summed E-state index contributed by atoms with van der Waals surface area (Å²) in [5.41, 5.74) is 0.589. The second-order valence-electron chi connectivity index (χ2n) is 7.67. The number of halogens is 3. The molecule has 5 nitrogen and oxygen atoms in total. The molecule has 1 atom stereocenters. The number of carbonyl (C=O) groups is 2. The second kappa shape index (κ2) is 8.12. The van der Waals surface area contributed by atoms with Gasteiger partial charge in [0.05, 0.1) is 17.2 Å². The third-order valence-corrected chi connectivity index (χ3v) is 5.45. The Kier molecular flexibility index (Phi) is 5.45. The molecule has 1 amide bonds. The van der Waals surface area contributed by atoms with Crippen molar-refractivity contribution in [1.29, 1.82) is 0 Å². The number of phenolic OH excluding ortho intramolecular Hbond substituents is 1. The van der Waals surface area contributed by atoms with E-state index in [0.29, 0.717) is 11.1 Å². The number of aliphatic hydroxyl groups is 1. The highest BCUT2D eigenvalue weighted by Crippen LogP contribution is 2.43. The molecule has 1 heterocycles. The number of benzene rings is 3. The molecule has 3 aromatic rings. The molecule has 8 heteroatoms. The van der Waals surface area contributed by atoms with Crippen LogP contribution < -0.4 is 4.90 Å². The lowest BCUT2D eigenvalue weighted by Gasteiger charge is -2.25. The van der Waals surface area contributed by atoms with Gasteiger partial charge in [0.1, 0.15) is 11.5 Å². The molecular weight excluding hydrogens is 435 g/mol. The molecule has 168 valence electrons. The van der Waals surface area contributed by atoms with Crippen molar-refractivity contribution in [2.75, 3.05) is 4.90 Å². The summed E-state index contributed by atoms with van der Waals surface area (Å²) in [4.78, 5) is 27.1. The first-order valence-electron chi connectivity index (χ1n) is 9.92. The zero-order valence-electron chi connectivity index (χ0n) is 17.3. The summed E-state index contributed by atoms with van der Waals surface area (Å²) in [6, 6.07) is 15.1. The van der Waals surface area contributed by atoms with Gasteiger partial charge in [-0.05, 0) is 48.9 Å². The zero-order chi connectivity index (χ0) is 23.9. The highest BCUT2D eigenvalue weighted by Gasteiger charge is 2.47. The third kappa shape index (κ3) is 4.07. The summed E-state index contributed by atoms with van der Waals surface area (Å²) in [5, 5.41) is 20.6. The van der Waals surface area contributed by atoms with Crippen molar-refractivity contribution in [3.05, 3.63) is 101 Å². The van der Waals surface area contributed by atoms with Crippen molar-refractivity contribution >= 4 is 23.1 Å². The van der Waals surface area contributed by atoms with Gasteiger partial charge in [0.25, 0.3) is 11.7 Å². The Morgan fingerprint density at radius 2 is 1.45 bits per heavy atom. The minimum atomic E-state index is -4.56.